The lowest BCUT2D eigenvalue weighted by Gasteiger charge is -2.09. The molecular formula is C21H14Cl3FN2O2S. The van der Waals surface area contributed by atoms with Crippen molar-refractivity contribution >= 4 is 69.8 Å². The van der Waals surface area contributed by atoms with Crippen molar-refractivity contribution in [1.82, 2.24) is 0 Å². The molecule has 0 bridgehead atoms. The molecular weight excluding hydrogens is 470 g/mol. The van der Waals surface area contributed by atoms with Crippen LogP contribution in [-0.4, -0.2) is 17.6 Å². The van der Waals surface area contributed by atoms with Crippen LogP contribution in [0, 0.1) is 5.82 Å². The summed E-state index contributed by atoms with van der Waals surface area (Å²) in [7, 11) is 0. The number of thioether (sulfide) groups is 1. The quantitative estimate of drug-likeness (QED) is 0.380. The van der Waals surface area contributed by atoms with Crippen molar-refractivity contribution in [3.8, 4) is 0 Å². The highest BCUT2D eigenvalue weighted by Gasteiger charge is 2.11. The van der Waals surface area contributed by atoms with Crippen LogP contribution in [0.2, 0.25) is 15.1 Å². The van der Waals surface area contributed by atoms with E-state index in [1.165, 1.54) is 36.0 Å². The third-order valence-electron chi connectivity index (χ3n) is 3.86. The van der Waals surface area contributed by atoms with E-state index in [1.807, 2.05) is 0 Å². The number of carbonyl (C=O) groups excluding carboxylic acids is 2. The average molecular weight is 484 g/mol. The maximum atomic E-state index is 13.2. The van der Waals surface area contributed by atoms with Gasteiger partial charge in [-0.15, -0.1) is 11.8 Å². The molecule has 3 aromatic rings. The number of carbonyl (C=O) groups is 2. The van der Waals surface area contributed by atoms with Gasteiger partial charge in [-0.3, -0.25) is 9.59 Å². The van der Waals surface area contributed by atoms with E-state index in [-0.39, 0.29) is 27.6 Å². The SMILES string of the molecule is O=C(CSc1ccc(NC(=O)c2ccc(Cl)cc2Cl)cc1)Nc1ccc(F)c(Cl)c1. The van der Waals surface area contributed by atoms with E-state index in [0.29, 0.717) is 22.0 Å². The molecule has 0 saturated carbocycles. The fraction of sp³-hybridized carbons (Fsp3) is 0.0476. The molecule has 4 nitrogen and oxygen atoms in total. The van der Waals surface area contributed by atoms with Gasteiger partial charge in [-0.1, -0.05) is 34.8 Å². The summed E-state index contributed by atoms with van der Waals surface area (Å²) in [4.78, 5) is 25.2. The normalized spacial score (nSPS) is 10.5. The molecule has 0 saturated heterocycles. The minimum absolute atomic E-state index is 0.0574. The van der Waals surface area contributed by atoms with Gasteiger partial charge in [0.15, 0.2) is 0 Å². The molecule has 3 rings (SSSR count). The van der Waals surface area contributed by atoms with E-state index in [9.17, 15) is 14.0 Å². The summed E-state index contributed by atoms with van der Waals surface area (Å²) in [5.41, 5.74) is 1.32. The van der Waals surface area contributed by atoms with Gasteiger partial charge in [-0.2, -0.15) is 0 Å². The van der Waals surface area contributed by atoms with Crippen LogP contribution in [0.4, 0.5) is 15.8 Å². The Morgan fingerprint density at radius 2 is 1.53 bits per heavy atom. The first-order chi connectivity index (χ1) is 14.3. The maximum absolute atomic E-state index is 13.2. The van der Waals surface area contributed by atoms with Crippen molar-refractivity contribution in [2.75, 3.05) is 16.4 Å². The van der Waals surface area contributed by atoms with Crippen LogP contribution in [0.25, 0.3) is 0 Å². The van der Waals surface area contributed by atoms with Gasteiger partial charge in [-0.05, 0) is 60.7 Å². The van der Waals surface area contributed by atoms with Gasteiger partial charge in [0.1, 0.15) is 5.82 Å². The van der Waals surface area contributed by atoms with Gasteiger partial charge in [0, 0.05) is 21.3 Å². The van der Waals surface area contributed by atoms with Crippen molar-refractivity contribution in [1.29, 1.82) is 0 Å². The van der Waals surface area contributed by atoms with Gasteiger partial charge >= 0.3 is 0 Å². The molecule has 154 valence electrons. The summed E-state index contributed by atoms with van der Waals surface area (Å²) in [5.74, 6) is -0.998. The van der Waals surface area contributed by atoms with E-state index in [2.05, 4.69) is 10.6 Å². The Morgan fingerprint density at radius 3 is 2.20 bits per heavy atom. The van der Waals surface area contributed by atoms with E-state index in [0.717, 1.165) is 4.90 Å². The lowest BCUT2D eigenvalue weighted by atomic mass is 10.2. The maximum Gasteiger partial charge on any atom is 0.257 e. The van der Waals surface area contributed by atoms with Crippen molar-refractivity contribution in [3.63, 3.8) is 0 Å². The molecule has 0 aliphatic carbocycles. The fourth-order valence-corrected chi connectivity index (χ4v) is 3.80. The molecule has 0 aliphatic heterocycles. The van der Waals surface area contributed by atoms with Crippen molar-refractivity contribution in [2.24, 2.45) is 0 Å². The van der Waals surface area contributed by atoms with Crippen LogP contribution >= 0.6 is 46.6 Å². The summed E-state index contributed by atoms with van der Waals surface area (Å²) >= 11 is 18.9. The minimum atomic E-state index is -0.547. The Labute approximate surface area is 191 Å². The molecule has 0 spiro atoms. The fourth-order valence-electron chi connectivity index (χ4n) is 2.43. The van der Waals surface area contributed by atoms with Gasteiger partial charge in [-0.25, -0.2) is 4.39 Å². The lowest BCUT2D eigenvalue weighted by Crippen LogP contribution is -2.14. The van der Waals surface area contributed by atoms with Crippen LogP contribution < -0.4 is 10.6 Å². The molecule has 0 atom stereocenters. The Bertz CT molecular complexity index is 1090. The number of halogens is 4. The average Bonchev–Trinajstić information content (AvgIpc) is 2.70. The molecule has 0 heterocycles. The second kappa shape index (κ2) is 10.2. The predicted molar refractivity (Wildman–Crippen MR) is 122 cm³/mol. The van der Waals surface area contributed by atoms with Gasteiger partial charge in [0.25, 0.3) is 5.91 Å². The minimum Gasteiger partial charge on any atom is -0.325 e. The summed E-state index contributed by atoms with van der Waals surface area (Å²) in [6, 6.07) is 15.6. The number of nitrogens with one attached hydrogen (secondary N) is 2. The van der Waals surface area contributed by atoms with Crippen LogP contribution in [0.1, 0.15) is 10.4 Å². The molecule has 0 radical (unpaired) electrons. The van der Waals surface area contributed by atoms with E-state index in [1.54, 1.807) is 36.4 Å². The monoisotopic (exact) mass is 482 g/mol. The molecule has 0 fully saturated rings. The number of rotatable bonds is 6. The Kier molecular flexibility index (Phi) is 7.61. The van der Waals surface area contributed by atoms with Gasteiger partial charge < -0.3 is 10.6 Å². The number of hydrogen-bond donors (Lipinski definition) is 2. The Morgan fingerprint density at radius 1 is 0.833 bits per heavy atom. The second-order valence-corrected chi connectivity index (χ2v) is 8.37. The molecule has 2 N–H and O–H groups in total. The van der Waals surface area contributed by atoms with Crippen molar-refractivity contribution in [2.45, 2.75) is 4.90 Å². The zero-order chi connectivity index (χ0) is 21.7. The van der Waals surface area contributed by atoms with E-state index in [4.69, 9.17) is 34.8 Å². The zero-order valence-corrected chi connectivity index (χ0v) is 18.3. The first-order valence-corrected chi connectivity index (χ1v) is 10.7. The zero-order valence-electron chi connectivity index (χ0n) is 15.2. The molecule has 3 aromatic carbocycles. The summed E-state index contributed by atoms with van der Waals surface area (Å²) in [6.45, 7) is 0. The topological polar surface area (TPSA) is 58.2 Å². The Hall–Kier alpha value is -2.25. The molecule has 30 heavy (non-hydrogen) atoms. The number of amides is 2. The predicted octanol–water partition coefficient (Wildman–Crippen LogP) is 6.77. The van der Waals surface area contributed by atoms with Crippen molar-refractivity contribution < 1.29 is 14.0 Å². The molecule has 0 unspecified atom stereocenters. The van der Waals surface area contributed by atoms with Crippen LogP contribution in [0.5, 0.6) is 0 Å². The highest BCUT2D eigenvalue weighted by molar-refractivity contribution is 8.00. The highest BCUT2D eigenvalue weighted by atomic mass is 35.5. The number of hydrogen-bond acceptors (Lipinski definition) is 3. The third-order valence-corrected chi connectivity index (χ3v) is 5.71. The Balaban J connectivity index is 1.53. The van der Waals surface area contributed by atoms with E-state index >= 15 is 0 Å². The lowest BCUT2D eigenvalue weighted by molar-refractivity contribution is -0.113. The summed E-state index contributed by atoms with van der Waals surface area (Å²) in [5, 5.41) is 6.07. The third kappa shape index (κ3) is 6.12. The first-order valence-electron chi connectivity index (χ1n) is 8.56. The second-order valence-electron chi connectivity index (χ2n) is 6.07. The smallest absolute Gasteiger partial charge is 0.257 e. The van der Waals surface area contributed by atoms with Crippen LogP contribution in [0.3, 0.4) is 0 Å². The first kappa shape index (κ1) is 22.4. The highest BCUT2D eigenvalue weighted by Crippen LogP contribution is 2.24. The van der Waals surface area contributed by atoms with E-state index < -0.39 is 5.82 Å². The van der Waals surface area contributed by atoms with Gasteiger partial charge in [0.2, 0.25) is 5.91 Å². The van der Waals surface area contributed by atoms with Crippen LogP contribution in [-0.2, 0) is 4.79 Å². The number of anilines is 2. The standard InChI is InChI=1S/C21H14Cl3FN2O2S/c22-12-1-7-16(17(23)9-12)21(29)27-13-2-5-15(6-3-13)30-11-20(28)26-14-4-8-19(25)18(24)10-14/h1-10H,11H2,(H,26,28)(H,27,29). The number of benzene rings is 3. The molecule has 2 amide bonds. The molecule has 0 aliphatic rings. The van der Waals surface area contributed by atoms with Crippen LogP contribution in [0.15, 0.2) is 65.6 Å². The molecule has 9 heteroatoms. The summed E-state index contributed by atoms with van der Waals surface area (Å²) in [6.07, 6.45) is 0. The van der Waals surface area contributed by atoms with Gasteiger partial charge in [0.05, 0.1) is 21.4 Å². The summed E-state index contributed by atoms with van der Waals surface area (Å²) < 4.78 is 13.2. The molecule has 0 aromatic heterocycles. The van der Waals surface area contributed by atoms with Crippen molar-refractivity contribution in [3.05, 3.63) is 87.1 Å². The largest absolute Gasteiger partial charge is 0.325 e.